The summed E-state index contributed by atoms with van der Waals surface area (Å²) < 4.78 is 0. The second-order valence-corrected chi connectivity index (χ2v) is 6.28. The van der Waals surface area contributed by atoms with E-state index in [9.17, 15) is 14.4 Å². The Balaban J connectivity index is 1.71. The molecule has 0 aromatic heterocycles. The summed E-state index contributed by atoms with van der Waals surface area (Å²) in [7, 11) is 0. The van der Waals surface area contributed by atoms with Gasteiger partial charge in [-0.3, -0.25) is 14.5 Å². The van der Waals surface area contributed by atoms with Gasteiger partial charge in [-0.25, -0.2) is 4.79 Å². The van der Waals surface area contributed by atoms with E-state index in [1.54, 1.807) is 0 Å². The maximum Gasteiger partial charge on any atom is 0.315 e. The second-order valence-electron chi connectivity index (χ2n) is 6.28. The monoisotopic (exact) mass is 331 g/mol. The minimum Gasteiger partial charge on any atom is -0.338 e. The molecule has 4 amide bonds. The molecule has 0 saturated carbocycles. The molecule has 0 radical (unpaired) electrons. The van der Waals surface area contributed by atoms with Crippen LogP contribution in [0.25, 0.3) is 0 Å². The van der Waals surface area contributed by atoms with Crippen molar-refractivity contribution in [2.75, 3.05) is 13.1 Å². The summed E-state index contributed by atoms with van der Waals surface area (Å²) >= 11 is 0. The highest BCUT2D eigenvalue weighted by atomic mass is 16.2. The van der Waals surface area contributed by atoms with Crippen LogP contribution in [-0.2, 0) is 16.1 Å². The molecule has 1 aliphatic heterocycles. The maximum absolute atomic E-state index is 11.9. The number of nitrogens with one attached hydrogen (secondary N) is 2. The van der Waals surface area contributed by atoms with Crippen molar-refractivity contribution in [1.82, 2.24) is 15.5 Å². The molecule has 1 aliphatic rings. The molecule has 1 aromatic rings. The van der Waals surface area contributed by atoms with Crippen molar-refractivity contribution < 1.29 is 14.4 Å². The number of imide groups is 1. The van der Waals surface area contributed by atoms with Crippen molar-refractivity contribution in [3.05, 3.63) is 34.4 Å². The molecule has 6 heteroatoms. The summed E-state index contributed by atoms with van der Waals surface area (Å²) in [6, 6.07) is 3.96. The zero-order valence-corrected chi connectivity index (χ0v) is 14.6. The zero-order chi connectivity index (χ0) is 17.7. The normalized spacial score (nSPS) is 14.2. The number of urea groups is 1. The molecule has 2 rings (SSSR count). The predicted octanol–water partition coefficient (Wildman–Crippen LogP) is 1.95. The highest BCUT2D eigenvalue weighted by Gasteiger charge is 2.27. The third-order valence-corrected chi connectivity index (χ3v) is 4.26. The van der Waals surface area contributed by atoms with Crippen LogP contribution in [-0.4, -0.2) is 35.8 Å². The lowest BCUT2D eigenvalue weighted by atomic mass is 10.00. The van der Waals surface area contributed by atoms with Gasteiger partial charge >= 0.3 is 6.03 Å². The van der Waals surface area contributed by atoms with E-state index in [4.69, 9.17) is 0 Å². The van der Waals surface area contributed by atoms with Crippen molar-refractivity contribution in [2.45, 2.75) is 46.6 Å². The van der Waals surface area contributed by atoms with Crippen LogP contribution >= 0.6 is 0 Å². The molecule has 0 bridgehead atoms. The van der Waals surface area contributed by atoms with Gasteiger partial charge in [0.05, 0.1) is 0 Å². The number of hydrogen-bond donors (Lipinski definition) is 2. The van der Waals surface area contributed by atoms with Gasteiger partial charge in [-0.1, -0.05) is 17.7 Å². The molecular formula is C18H25N3O3. The minimum absolute atomic E-state index is 0.116. The summed E-state index contributed by atoms with van der Waals surface area (Å²) in [5.41, 5.74) is 4.67. The van der Waals surface area contributed by atoms with E-state index in [-0.39, 0.29) is 17.8 Å². The lowest BCUT2D eigenvalue weighted by Gasteiger charge is -2.15. The third kappa shape index (κ3) is 4.57. The van der Waals surface area contributed by atoms with E-state index in [2.05, 4.69) is 29.7 Å². The topological polar surface area (TPSA) is 78.5 Å². The van der Waals surface area contributed by atoms with Gasteiger partial charge in [0.15, 0.2) is 0 Å². The number of nitrogens with zero attached hydrogens (tertiary/aromatic N) is 1. The van der Waals surface area contributed by atoms with Crippen LogP contribution in [0.3, 0.4) is 0 Å². The van der Waals surface area contributed by atoms with Crippen molar-refractivity contribution in [3.8, 4) is 0 Å². The smallest absolute Gasteiger partial charge is 0.315 e. The van der Waals surface area contributed by atoms with Crippen LogP contribution in [0.1, 0.15) is 41.5 Å². The van der Waals surface area contributed by atoms with E-state index in [1.165, 1.54) is 21.6 Å². The fourth-order valence-electron chi connectivity index (χ4n) is 3.03. The van der Waals surface area contributed by atoms with Crippen LogP contribution in [0.5, 0.6) is 0 Å². The van der Waals surface area contributed by atoms with E-state index >= 15 is 0 Å². The Morgan fingerprint density at radius 3 is 2.21 bits per heavy atom. The summed E-state index contributed by atoms with van der Waals surface area (Å²) in [5, 5.41) is 5.61. The van der Waals surface area contributed by atoms with Gasteiger partial charge in [0, 0.05) is 32.5 Å². The molecule has 0 unspecified atom stereocenters. The van der Waals surface area contributed by atoms with Crippen LogP contribution < -0.4 is 10.6 Å². The Kier molecular flexibility index (Phi) is 5.95. The molecule has 1 aromatic carbocycles. The van der Waals surface area contributed by atoms with Gasteiger partial charge in [-0.2, -0.15) is 0 Å². The first-order valence-electron chi connectivity index (χ1n) is 8.30. The molecular weight excluding hydrogens is 306 g/mol. The fourth-order valence-corrected chi connectivity index (χ4v) is 3.03. The van der Waals surface area contributed by atoms with Crippen molar-refractivity contribution in [2.24, 2.45) is 0 Å². The van der Waals surface area contributed by atoms with E-state index in [0.29, 0.717) is 38.9 Å². The molecule has 1 saturated heterocycles. The van der Waals surface area contributed by atoms with E-state index in [0.717, 1.165) is 5.56 Å². The lowest BCUT2D eigenvalue weighted by Crippen LogP contribution is -2.38. The molecule has 1 heterocycles. The molecule has 6 nitrogen and oxygen atoms in total. The quantitative estimate of drug-likeness (QED) is 0.618. The Morgan fingerprint density at radius 2 is 1.62 bits per heavy atom. The second kappa shape index (κ2) is 7.95. The number of likely N-dealkylation sites (tertiary alicyclic amines) is 1. The molecule has 130 valence electrons. The van der Waals surface area contributed by atoms with Crippen molar-refractivity contribution in [3.63, 3.8) is 0 Å². The Hall–Kier alpha value is -2.37. The SMILES string of the molecule is Cc1cc(C)c(CNC(=O)NCCCN2C(=O)CCC2=O)c(C)c1. The number of amides is 4. The Morgan fingerprint density at radius 1 is 1.04 bits per heavy atom. The summed E-state index contributed by atoms with van der Waals surface area (Å²) in [6.45, 7) is 7.41. The first-order valence-corrected chi connectivity index (χ1v) is 8.30. The number of aryl methyl sites for hydroxylation is 3. The molecule has 0 spiro atoms. The first-order chi connectivity index (χ1) is 11.4. The van der Waals surface area contributed by atoms with Crippen LogP contribution in [0.2, 0.25) is 0 Å². The van der Waals surface area contributed by atoms with Gasteiger partial charge in [0.25, 0.3) is 0 Å². The van der Waals surface area contributed by atoms with Crippen LogP contribution in [0, 0.1) is 20.8 Å². The fraction of sp³-hybridized carbons (Fsp3) is 0.500. The molecule has 0 aliphatic carbocycles. The Labute approximate surface area is 142 Å². The standard InChI is InChI=1S/C18H25N3O3/c1-12-9-13(2)15(14(3)10-12)11-20-18(24)19-7-4-8-21-16(22)5-6-17(21)23/h9-10H,4-8,11H2,1-3H3,(H2,19,20,24). The van der Waals surface area contributed by atoms with Crippen molar-refractivity contribution in [1.29, 1.82) is 0 Å². The summed E-state index contributed by atoms with van der Waals surface area (Å²) in [6.07, 6.45) is 1.18. The maximum atomic E-state index is 11.9. The largest absolute Gasteiger partial charge is 0.338 e. The van der Waals surface area contributed by atoms with Gasteiger partial charge in [-0.15, -0.1) is 0 Å². The average Bonchev–Trinajstić information content (AvgIpc) is 2.81. The van der Waals surface area contributed by atoms with E-state index < -0.39 is 0 Å². The first kappa shape index (κ1) is 18.0. The van der Waals surface area contributed by atoms with Crippen LogP contribution in [0.4, 0.5) is 4.79 Å². The summed E-state index contributed by atoms with van der Waals surface area (Å²) in [4.78, 5) is 36.1. The average molecular weight is 331 g/mol. The van der Waals surface area contributed by atoms with Crippen LogP contribution in [0.15, 0.2) is 12.1 Å². The van der Waals surface area contributed by atoms with Crippen molar-refractivity contribution >= 4 is 17.8 Å². The highest BCUT2D eigenvalue weighted by molar-refractivity contribution is 6.01. The minimum atomic E-state index is -0.242. The predicted molar refractivity (Wildman–Crippen MR) is 91.5 cm³/mol. The third-order valence-electron chi connectivity index (χ3n) is 4.26. The number of hydrogen-bond acceptors (Lipinski definition) is 3. The van der Waals surface area contributed by atoms with Gasteiger partial charge < -0.3 is 10.6 Å². The molecule has 24 heavy (non-hydrogen) atoms. The van der Waals surface area contributed by atoms with Gasteiger partial charge in [0.2, 0.25) is 11.8 Å². The summed E-state index contributed by atoms with van der Waals surface area (Å²) in [5.74, 6) is -0.232. The Bertz CT molecular complexity index is 616. The lowest BCUT2D eigenvalue weighted by molar-refractivity contribution is -0.138. The molecule has 0 atom stereocenters. The highest BCUT2D eigenvalue weighted by Crippen LogP contribution is 2.16. The number of benzene rings is 1. The van der Waals surface area contributed by atoms with Gasteiger partial charge in [0.1, 0.15) is 0 Å². The number of carbonyl (C=O) groups is 3. The number of rotatable bonds is 6. The van der Waals surface area contributed by atoms with Gasteiger partial charge in [-0.05, 0) is 43.9 Å². The number of carbonyl (C=O) groups excluding carboxylic acids is 3. The zero-order valence-electron chi connectivity index (χ0n) is 14.6. The molecule has 1 fully saturated rings. The molecule has 2 N–H and O–H groups in total. The van der Waals surface area contributed by atoms with E-state index in [1.807, 2.05) is 13.8 Å².